The number of rotatable bonds is 5. The number of hydrogen-bond acceptors (Lipinski definition) is 4. The molecular formula is C20H35ClN4O3. The van der Waals surface area contributed by atoms with E-state index in [1.54, 1.807) is 0 Å². The summed E-state index contributed by atoms with van der Waals surface area (Å²) in [7, 11) is 0. The van der Waals surface area contributed by atoms with E-state index in [0.717, 1.165) is 30.6 Å². The maximum atomic E-state index is 13.0. The molecule has 0 aromatic heterocycles. The lowest BCUT2D eigenvalue weighted by Gasteiger charge is -2.40. The van der Waals surface area contributed by atoms with Crippen LogP contribution in [0.4, 0.5) is 4.79 Å². The molecule has 3 rings (SSSR count). The van der Waals surface area contributed by atoms with Crippen LogP contribution in [0.5, 0.6) is 0 Å². The number of amides is 4. The van der Waals surface area contributed by atoms with Crippen molar-refractivity contribution in [2.75, 3.05) is 13.1 Å². The van der Waals surface area contributed by atoms with E-state index in [4.69, 9.17) is 5.73 Å². The van der Waals surface area contributed by atoms with Crippen LogP contribution < -0.4 is 16.4 Å². The second-order valence-corrected chi connectivity index (χ2v) is 9.99. The minimum absolute atomic E-state index is 0. The van der Waals surface area contributed by atoms with Gasteiger partial charge in [0.05, 0.1) is 5.54 Å². The summed E-state index contributed by atoms with van der Waals surface area (Å²) >= 11 is 0. The highest BCUT2D eigenvalue weighted by molar-refractivity contribution is 6.09. The van der Waals surface area contributed by atoms with Gasteiger partial charge in [0, 0.05) is 6.54 Å². The maximum Gasteiger partial charge on any atom is 0.325 e. The molecule has 1 atom stereocenters. The Bertz CT molecular complexity index is 636. The molecule has 28 heavy (non-hydrogen) atoms. The van der Waals surface area contributed by atoms with Crippen LogP contribution in [-0.2, 0) is 9.59 Å². The number of imide groups is 1. The van der Waals surface area contributed by atoms with E-state index in [0.29, 0.717) is 31.2 Å². The zero-order chi connectivity index (χ0) is 20.0. The van der Waals surface area contributed by atoms with Crippen molar-refractivity contribution in [3.63, 3.8) is 0 Å². The number of carbonyl (C=O) groups is 3. The summed E-state index contributed by atoms with van der Waals surface area (Å²) in [5.74, 6) is 0.345. The van der Waals surface area contributed by atoms with Crippen molar-refractivity contribution in [3.8, 4) is 0 Å². The van der Waals surface area contributed by atoms with Crippen LogP contribution in [0.3, 0.4) is 0 Å². The van der Waals surface area contributed by atoms with Crippen LogP contribution in [0.2, 0.25) is 0 Å². The van der Waals surface area contributed by atoms with E-state index in [9.17, 15) is 14.4 Å². The molecule has 4 amide bonds. The van der Waals surface area contributed by atoms with Gasteiger partial charge in [-0.2, -0.15) is 0 Å². The van der Waals surface area contributed by atoms with Gasteiger partial charge in [-0.3, -0.25) is 14.5 Å². The van der Waals surface area contributed by atoms with E-state index in [1.807, 2.05) is 6.92 Å². The van der Waals surface area contributed by atoms with E-state index >= 15 is 0 Å². The first-order chi connectivity index (χ1) is 12.5. The van der Waals surface area contributed by atoms with Crippen molar-refractivity contribution in [1.29, 1.82) is 0 Å². The third kappa shape index (κ3) is 4.30. The third-order valence-corrected chi connectivity index (χ3v) is 6.94. The zero-order valence-electron chi connectivity index (χ0n) is 17.5. The van der Waals surface area contributed by atoms with Crippen molar-refractivity contribution in [2.45, 2.75) is 77.3 Å². The lowest BCUT2D eigenvalue weighted by molar-refractivity contribution is -0.136. The van der Waals surface area contributed by atoms with Gasteiger partial charge in [-0.15, -0.1) is 12.4 Å². The summed E-state index contributed by atoms with van der Waals surface area (Å²) < 4.78 is 0. The minimum atomic E-state index is -0.827. The van der Waals surface area contributed by atoms with Crippen LogP contribution in [0, 0.1) is 17.3 Å². The molecule has 3 aliphatic rings. The average Bonchev–Trinajstić information content (AvgIpc) is 3.41. The molecule has 1 saturated heterocycles. The molecule has 7 nitrogen and oxygen atoms in total. The Morgan fingerprint density at radius 1 is 1.14 bits per heavy atom. The number of nitrogens with two attached hydrogens (primary N) is 1. The lowest BCUT2D eigenvalue weighted by Crippen LogP contribution is -2.56. The minimum Gasteiger partial charge on any atom is -0.348 e. The summed E-state index contributed by atoms with van der Waals surface area (Å²) in [6.07, 6.45) is 5.19. The molecule has 1 spiro atoms. The molecule has 2 aliphatic carbocycles. The predicted molar refractivity (Wildman–Crippen MR) is 110 cm³/mol. The van der Waals surface area contributed by atoms with Gasteiger partial charge in [-0.05, 0) is 62.7 Å². The predicted octanol–water partition coefficient (Wildman–Crippen LogP) is 2.18. The van der Waals surface area contributed by atoms with Gasteiger partial charge >= 0.3 is 6.03 Å². The Morgan fingerprint density at radius 2 is 1.71 bits per heavy atom. The summed E-state index contributed by atoms with van der Waals surface area (Å²) in [5, 5.41) is 5.84. The first kappa shape index (κ1) is 22.9. The van der Waals surface area contributed by atoms with Gasteiger partial charge in [0.2, 0.25) is 5.91 Å². The number of hydrogen-bond donors (Lipinski definition) is 3. The first-order valence-electron chi connectivity index (χ1n) is 10.2. The van der Waals surface area contributed by atoms with Gasteiger partial charge in [0.15, 0.2) is 0 Å². The number of urea groups is 1. The van der Waals surface area contributed by atoms with E-state index in [1.165, 1.54) is 0 Å². The molecule has 3 fully saturated rings. The molecule has 160 valence electrons. The van der Waals surface area contributed by atoms with Gasteiger partial charge < -0.3 is 16.4 Å². The standard InChI is InChI=1S/C20H34N4O3.ClH/c1-18(2,3)13-7-9-20(10-8-13)16(26)24(17(27)23-20)11-15(25)22-19(4,12-21)14-5-6-14;/h13-14H,5-12,21H2,1-4H3,(H,22,25)(H,23,27);1H. The van der Waals surface area contributed by atoms with Gasteiger partial charge in [-0.1, -0.05) is 20.8 Å². The molecule has 2 saturated carbocycles. The van der Waals surface area contributed by atoms with Gasteiger partial charge in [0.1, 0.15) is 12.1 Å². The molecular weight excluding hydrogens is 380 g/mol. The van der Waals surface area contributed by atoms with E-state index in [2.05, 4.69) is 31.4 Å². The maximum absolute atomic E-state index is 13.0. The van der Waals surface area contributed by atoms with Crippen LogP contribution in [0.25, 0.3) is 0 Å². The molecule has 0 radical (unpaired) electrons. The zero-order valence-corrected chi connectivity index (χ0v) is 18.3. The topological polar surface area (TPSA) is 105 Å². The second kappa shape index (κ2) is 7.82. The van der Waals surface area contributed by atoms with E-state index in [-0.39, 0.29) is 36.2 Å². The molecule has 0 bridgehead atoms. The van der Waals surface area contributed by atoms with Crippen molar-refractivity contribution >= 4 is 30.3 Å². The first-order valence-corrected chi connectivity index (χ1v) is 10.2. The fourth-order valence-electron chi connectivity index (χ4n) is 4.68. The summed E-state index contributed by atoms with van der Waals surface area (Å²) in [6.45, 7) is 8.70. The molecule has 1 unspecified atom stereocenters. The SMILES string of the molecule is CC(C)(C)C1CCC2(CC1)NC(=O)N(CC(=O)NC(C)(CN)C1CC1)C2=O.Cl. The summed E-state index contributed by atoms with van der Waals surface area (Å²) in [4.78, 5) is 39.0. The fraction of sp³-hybridized carbons (Fsp3) is 0.850. The highest BCUT2D eigenvalue weighted by Gasteiger charge is 2.54. The summed E-state index contributed by atoms with van der Waals surface area (Å²) in [6, 6.07) is -0.453. The average molecular weight is 415 g/mol. The number of carbonyl (C=O) groups excluding carboxylic acids is 3. The van der Waals surface area contributed by atoms with Gasteiger partial charge in [0.25, 0.3) is 5.91 Å². The number of halogens is 1. The Labute approximate surface area is 173 Å². The highest BCUT2D eigenvalue weighted by atomic mass is 35.5. The van der Waals surface area contributed by atoms with Crippen LogP contribution in [0.1, 0.15) is 66.2 Å². The van der Waals surface area contributed by atoms with E-state index < -0.39 is 17.1 Å². The highest BCUT2D eigenvalue weighted by Crippen LogP contribution is 2.43. The Hall–Kier alpha value is -1.34. The Morgan fingerprint density at radius 3 is 2.18 bits per heavy atom. The molecule has 4 N–H and O–H groups in total. The fourth-order valence-corrected chi connectivity index (χ4v) is 4.68. The van der Waals surface area contributed by atoms with Crippen molar-refractivity contribution in [1.82, 2.24) is 15.5 Å². The molecule has 8 heteroatoms. The molecule has 1 aliphatic heterocycles. The molecule has 1 heterocycles. The van der Waals surface area contributed by atoms with Crippen LogP contribution in [0.15, 0.2) is 0 Å². The Kier molecular flexibility index (Phi) is 6.41. The van der Waals surface area contributed by atoms with Crippen molar-refractivity contribution in [2.24, 2.45) is 23.0 Å². The quantitative estimate of drug-likeness (QED) is 0.599. The largest absolute Gasteiger partial charge is 0.348 e. The van der Waals surface area contributed by atoms with Crippen molar-refractivity contribution in [3.05, 3.63) is 0 Å². The number of nitrogens with zero attached hydrogens (tertiary/aromatic N) is 1. The number of nitrogens with one attached hydrogen (secondary N) is 2. The molecule has 0 aromatic carbocycles. The van der Waals surface area contributed by atoms with Crippen molar-refractivity contribution < 1.29 is 14.4 Å². The smallest absolute Gasteiger partial charge is 0.325 e. The van der Waals surface area contributed by atoms with Crippen LogP contribution >= 0.6 is 12.4 Å². The van der Waals surface area contributed by atoms with Gasteiger partial charge in [-0.25, -0.2) is 4.79 Å². The third-order valence-electron chi connectivity index (χ3n) is 6.94. The second-order valence-electron chi connectivity index (χ2n) is 9.99. The normalized spacial score (nSPS) is 29.9. The molecule has 0 aromatic rings. The monoisotopic (exact) mass is 414 g/mol. The van der Waals surface area contributed by atoms with Crippen LogP contribution in [-0.4, -0.2) is 46.9 Å². The summed E-state index contributed by atoms with van der Waals surface area (Å²) in [5.41, 5.74) is 4.75. The lowest BCUT2D eigenvalue weighted by atomic mass is 9.67. The Balaban J connectivity index is 0.00000280.